The molecule has 0 aliphatic carbocycles. The van der Waals surface area contributed by atoms with Crippen LogP contribution in [0.1, 0.15) is 0 Å². The Hall–Kier alpha value is -5.00. The molecule has 4 heteroatoms. The first-order valence-electron chi connectivity index (χ1n) is 16.0. The summed E-state index contributed by atoms with van der Waals surface area (Å²) in [6.45, 7) is 0. The number of ether oxygens (including phenoxy) is 2. The van der Waals surface area contributed by atoms with Crippen LogP contribution in [0.15, 0.2) is 182 Å². The lowest BCUT2D eigenvalue weighted by atomic mass is 9.94. The van der Waals surface area contributed by atoms with Gasteiger partial charge in [-0.25, -0.2) is 0 Å². The molecule has 7 aromatic carbocycles. The standard InChI is InChI=1S/C44H36O2P2/c1-45-41-29-27-33(31-43(41)47(35-17-7-3-8-18-35)36-19-9-4-10-20-36)39-25-15-16-26-40(39)34-28-30-42(46-2)44(32-34)48(37-21-11-5-12-22-37)38-23-13-6-14-24-38/h3-32H,1-2H3. The summed E-state index contributed by atoms with van der Waals surface area (Å²) in [5.41, 5.74) is 4.67. The van der Waals surface area contributed by atoms with Gasteiger partial charge in [0.05, 0.1) is 14.2 Å². The van der Waals surface area contributed by atoms with Crippen molar-refractivity contribution in [3.8, 4) is 33.8 Å². The van der Waals surface area contributed by atoms with Gasteiger partial charge in [-0.15, -0.1) is 0 Å². The van der Waals surface area contributed by atoms with Crippen molar-refractivity contribution < 1.29 is 9.47 Å². The van der Waals surface area contributed by atoms with E-state index < -0.39 is 15.8 Å². The van der Waals surface area contributed by atoms with Crippen LogP contribution in [-0.4, -0.2) is 14.2 Å². The SMILES string of the molecule is COc1ccc(-c2ccccc2-c2ccc(OC)c(P(c3ccccc3)c3ccccc3)c2)cc1P(c1ccccc1)c1ccccc1. The lowest BCUT2D eigenvalue weighted by molar-refractivity contribution is 0.418. The molecule has 0 radical (unpaired) electrons. The second-order valence-corrected chi connectivity index (χ2v) is 15.7. The molecule has 0 aromatic heterocycles. The highest BCUT2D eigenvalue weighted by Gasteiger charge is 2.24. The largest absolute Gasteiger partial charge is 0.496 e. The number of methoxy groups -OCH3 is 2. The van der Waals surface area contributed by atoms with Crippen molar-refractivity contribution in [2.75, 3.05) is 14.2 Å². The van der Waals surface area contributed by atoms with Crippen molar-refractivity contribution in [2.24, 2.45) is 0 Å². The van der Waals surface area contributed by atoms with Gasteiger partial charge in [0.2, 0.25) is 0 Å². The van der Waals surface area contributed by atoms with E-state index in [2.05, 4.69) is 182 Å². The van der Waals surface area contributed by atoms with Crippen molar-refractivity contribution >= 4 is 47.7 Å². The molecule has 2 nitrogen and oxygen atoms in total. The predicted octanol–water partition coefficient (Wildman–Crippen LogP) is 8.55. The second-order valence-electron chi connectivity index (χ2n) is 11.3. The highest BCUT2D eigenvalue weighted by molar-refractivity contribution is 7.80. The fraction of sp³-hybridized carbons (Fsp3) is 0.0455. The molecule has 0 aliphatic rings. The molecule has 0 heterocycles. The van der Waals surface area contributed by atoms with E-state index >= 15 is 0 Å². The molecule has 234 valence electrons. The van der Waals surface area contributed by atoms with Crippen LogP contribution in [0.25, 0.3) is 22.3 Å². The summed E-state index contributed by atoms with van der Waals surface area (Å²) in [6.07, 6.45) is 0. The van der Waals surface area contributed by atoms with E-state index in [-0.39, 0.29) is 0 Å². The van der Waals surface area contributed by atoms with Crippen molar-refractivity contribution in [1.82, 2.24) is 0 Å². The number of hydrogen-bond donors (Lipinski definition) is 0. The summed E-state index contributed by atoms with van der Waals surface area (Å²) >= 11 is 0. The maximum absolute atomic E-state index is 6.03. The van der Waals surface area contributed by atoms with E-state index in [1.165, 1.54) is 43.0 Å². The van der Waals surface area contributed by atoms with Gasteiger partial charge in [0.25, 0.3) is 0 Å². The minimum Gasteiger partial charge on any atom is -0.496 e. The molecule has 7 aromatic rings. The van der Waals surface area contributed by atoms with Gasteiger partial charge in [-0.1, -0.05) is 158 Å². The van der Waals surface area contributed by atoms with Crippen molar-refractivity contribution in [2.45, 2.75) is 0 Å². The normalized spacial score (nSPS) is 11.1. The first kappa shape index (κ1) is 31.6. The lowest BCUT2D eigenvalue weighted by Crippen LogP contribution is -2.22. The molecular formula is C44H36O2P2. The van der Waals surface area contributed by atoms with Gasteiger partial charge in [-0.3, -0.25) is 0 Å². The van der Waals surface area contributed by atoms with Gasteiger partial charge < -0.3 is 9.47 Å². The molecule has 0 aliphatic heterocycles. The third kappa shape index (κ3) is 6.56. The average molecular weight is 659 g/mol. The molecule has 7 rings (SSSR count). The van der Waals surface area contributed by atoms with E-state index in [1.807, 2.05) is 0 Å². The molecule has 0 atom stereocenters. The third-order valence-electron chi connectivity index (χ3n) is 8.45. The Bertz CT molecular complexity index is 1870. The summed E-state index contributed by atoms with van der Waals surface area (Å²) < 4.78 is 12.1. The fourth-order valence-corrected chi connectivity index (χ4v) is 11.1. The molecule has 0 saturated heterocycles. The van der Waals surface area contributed by atoms with Crippen LogP contribution in [0.4, 0.5) is 0 Å². The smallest absolute Gasteiger partial charge is 0.127 e. The van der Waals surface area contributed by atoms with Gasteiger partial charge in [-0.05, 0) is 83.6 Å². The Morgan fingerprint density at radius 3 is 0.917 bits per heavy atom. The zero-order valence-electron chi connectivity index (χ0n) is 27.0. The Balaban J connectivity index is 1.38. The molecule has 0 saturated carbocycles. The van der Waals surface area contributed by atoms with E-state index in [1.54, 1.807) is 14.2 Å². The van der Waals surface area contributed by atoms with Crippen LogP contribution < -0.4 is 41.3 Å². The van der Waals surface area contributed by atoms with Crippen LogP contribution in [0.3, 0.4) is 0 Å². The molecule has 0 fully saturated rings. The van der Waals surface area contributed by atoms with Gasteiger partial charge >= 0.3 is 0 Å². The van der Waals surface area contributed by atoms with E-state index in [9.17, 15) is 0 Å². The van der Waals surface area contributed by atoms with Crippen LogP contribution >= 0.6 is 15.8 Å². The third-order valence-corrected chi connectivity index (χ3v) is 13.4. The van der Waals surface area contributed by atoms with Gasteiger partial charge in [0.1, 0.15) is 11.5 Å². The topological polar surface area (TPSA) is 18.5 Å². The first-order chi connectivity index (χ1) is 23.7. The van der Waals surface area contributed by atoms with Gasteiger partial charge in [-0.2, -0.15) is 0 Å². The monoisotopic (exact) mass is 658 g/mol. The zero-order valence-corrected chi connectivity index (χ0v) is 28.8. The second kappa shape index (κ2) is 14.8. The minimum atomic E-state index is -0.854. The van der Waals surface area contributed by atoms with E-state index in [0.29, 0.717) is 0 Å². The van der Waals surface area contributed by atoms with Crippen LogP contribution in [-0.2, 0) is 0 Å². The quantitative estimate of drug-likeness (QED) is 0.137. The lowest BCUT2D eigenvalue weighted by Gasteiger charge is -2.24. The zero-order chi connectivity index (χ0) is 32.7. The number of hydrogen-bond acceptors (Lipinski definition) is 2. The summed E-state index contributed by atoms with van der Waals surface area (Å²) in [5, 5.41) is 7.55. The maximum atomic E-state index is 6.03. The van der Waals surface area contributed by atoms with E-state index in [4.69, 9.17) is 9.47 Å². The first-order valence-corrected chi connectivity index (χ1v) is 18.7. The number of rotatable bonds is 10. The molecule has 48 heavy (non-hydrogen) atoms. The molecule has 0 amide bonds. The Morgan fingerprint density at radius 1 is 0.333 bits per heavy atom. The molecule has 0 unspecified atom stereocenters. The van der Waals surface area contributed by atoms with Crippen LogP contribution in [0.5, 0.6) is 11.5 Å². The Morgan fingerprint density at radius 2 is 0.625 bits per heavy atom. The Kier molecular flexibility index (Phi) is 9.76. The summed E-state index contributed by atoms with van der Waals surface area (Å²) in [4.78, 5) is 0. The summed E-state index contributed by atoms with van der Waals surface area (Å²) in [6, 6.07) is 65.2. The van der Waals surface area contributed by atoms with Gasteiger partial charge in [0.15, 0.2) is 0 Å². The Labute approximate surface area is 286 Å². The average Bonchev–Trinajstić information content (AvgIpc) is 3.17. The minimum absolute atomic E-state index is 0.854. The highest BCUT2D eigenvalue weighted by atomic mass is 31.1. The highest BCUT2D eigenvalue weighted by Crippen LogP contribution is 2.42. The number of benzene rings is 7. The van der Waals surface area contributed by atoms with Crippen LogP contribution in [0.2, 0.25) is 0 Å². The van der Waals surface area contributed by atoms with Crippen molar-refractivity contribution in [3.05, 3.63) is 182 Å². The van der Waals surface area contributed by atoms with Crippen molar-refractivity contribution in [1.29, 1.82) is 0 Å². The predicted molar refractivity (Wildman–Crippen MR) is 208 cm³/mol. The maximum Gasteiger partial charge on any atom is 0.127 e. The van der Waals surface area contributed by atoms with Gasteiger partial charge in [0, 0.05) is 10.6 Å². The molecular weight excluding hydrogens is 622 g/mol. The summed E-state index contributed by atoms with van der Waals surface area (Å²) in [7, 11) is 1.83. The van der Waals surface area contributed by atoms with Crippen molar-refractivity contribution in [3.63, 3.8) is 0 Å². The molecule has 0 spiro atoms. The summed E-state index contributed by atoms with van der Waals surface area (Å²) in [5.74, 6) is 1.80. The van der Waals surface area contributed by atoms with Crippen LogP contribution in [0, 0.1) is 0 Å². The molecule has 0 bridgehead atoms. The fourth-order valence-electron chi connectivity index (χ4n) is 6.21. The molecule has 0 N–H and O–H groups in total. The van der Waals surface area contributed by atoms with E-state index in [0.717, 1.165) is 22.6 Å².